The molecule has 26 heavy (non-hydrogen) atoms. The monoisotopic (exact) mass is 375 g/mol. The number of carbonyl (C=O) groups is 1. The normalized spacial score (nSPS) is 26.6. The second-order valence-electron chi connectivity index (χ2n) is 5.67. The Hall–Kier alpha value is -2.09. The minimum atomic E-state index is -1.33. The molecule has 1 aliphatic rings. The Morgan fingerprint density at radius 2 is 2.15 bits per heavy atom. The Morgan fingerprint density at radius 1 is 1.42 bits per heavy atom. The highest BCUT2D eigenvalue weighted by Crippen LogP contribution is 2.30. The van der Waals surface area contributed by atoms with Crippen LogP contribution in [0, 0.1) is 0 Å². The molecule has 12 heteroatoms. The van der Waals surface area contributed by atoms with Crippen LogP contribution < -0.4 is 16.6 Å². The highest BCUT2D eigenvalue weighted by atomic mass is 16.6. The number of aliphatic hydroxyl groups is 4. The molecule has 1 aliphatic heterocycles. The number of amides is 1. The molecule has 5 atom stereocenters. The number of hydrogen-bond acceptors (Lipinski definition) is 9. The van der Waals surface area contributed by atoms with Crippen molar-refractivity contribution in [2.75, 3.05) is 26.4 Å². The molecule has 1 saturated heterocycles. The van der Waals surface area contributed by atoms with Gasteiger partial charge in [-0.25, -0.2) is 4.79 Å². The molecular formula is C14H21N3O9. The summed E-state index contributed by atoms with van der Waals surface area (Å²) in [4.78, 5) is 36.8. The molecule has 6 N–H and O–H groups in total. The second-order valence-corrected chi connectivity index (χ2v) is 5.67. The fraction of sp³-hybridized carbons (Fsp3) is 0.643. The van der Waals surface area contributed by atoms with Crippen molar-refractivity contribution in [1.82, 2.24) is 14.9 Å². The SMILES string of the molecule is O=C(CO[C@@H]1[C@H](O)[C@@H](CO)O[C@H]1n1ccc(=O)[nH]c1=O)NCC(O)CO. The van der Waals surface area contributed by atoms with Gasteiger partial charge >= 0.3 is 5.69 Å². The van der Waals surface area contributed by atoms with E-state index in [4.69, 9.17) is 14.6 Å². The van der Waals surface area contributed by atoms with Gasteiger partial charge in [-0.2, -0.15) is 0 Å². The zero-order chi connectivity index (χ0) is 19.3. The number of nitrogens with one attached hydrogen (secondary N) is 2. The van der Waals surface area contributed by atoms with Gasteiger partial charge in [-0.1, -0.05) is 0 Å². The first-order valence-corrected chi connectivity index (χ1v) is 7.80. The first-order valence-electron chi connectivity index (χ1n) is 7.80. The van der Waals surface area contributed by atoms with Gasteiger partial charge in [0.25, 0.3) is 5.56 Å². The van der Waals surface area contributed by atoms with Crippen LogP contribution >= 0.6 is 0 Å². The summed E-state index contributed by atoms with van der Waals surface area (Å²) in [6.07, 6.45) is -4.72. The third-order valence-corrected chi connectivity index (χ3v) is 3.77. The van der Waals surface area contributed by atoms with Crippen molar-refractivity contribution in [3.63, 3.8) is 0 Å². The Bertz CT molecular complexity index is 718. The number of hydrogen-bond donors (Lipinski definition) is 6. The summed E-state index contributed by atoms with van der Waals surface area (Å²) in [6.45, 7) is -1.79. The summed E-state index contributed by atoms with van der Waals surface area (Å²) in [5.74, 6) is -0.635. The molecular weight excluding hydrogens is 354 g/mol. The predicted octanol–water partition coefficient (Wildman–Crippen LogP) is -4.36. The predicted molar refractivity (Wildman–Crippen MR) is 84.2 cm³/mol. The average Bonchev–Trinajstić information content (AvgIpc) is 2.93. The number of aliphatic hydroxyl groups excluding tert-OH is 4. The second kappa shape index (κ2) is 9.02. The lowest BCUT2D eigenvalue weighted by atomic mass is 10.1. The van der Waals surface area contributed by atoms with Crippen LogP contribution in [0.2, 0.25) is 0 Å². The van der Waals surface area contributed by atoms with Gasteiger partial charge in [0.1, 0.15) is 24.9 Å². The molecule has 0 spiro atoms. The Morgan fingerprint density at radius 3 is 2.77 bits per heavy atom. The minimum Gasteiger partial charge on any atom is -0.394 e. The maximum absolute atomic E-state index is 11.9. The average molecular weight is 375 g/mol. The number of aromatic nitrogens is 2. The van der Waals surface area contributed by atoms with Gasteiger partial charge in [-0.15, -0.1) is 0 Å². The molecule has 12 nitrogen and oxygen atoms in total. The third kappa shape index (κ3) is 4.75. The van der Waals surface area contributed by atoms with E-state index in [1.165, 1.54) is 0 Å². The number of ether oxygens (including phenoxy) is 2. The largest absolute Gasteiger partial charge is 0.394 e. The maximum atomic E-state index is 11.9. The lowest BCUT2D eigenvalue weighted by molar-refractivity contribution is -0.133. The van der Waals surface area contributed by atoms with Gasteiger partial charge in [0.2, 0.25) is 5.91 Å². The van der Waals surface area contributed by atoms with Crippen molar-refractivity contribution in [2.24, 2.45) is 0 Å². The van der Waals surface area contributed by atoms with E-state index in [2.05, 4.69) is 5.32 Å². The van der Waals surface area contributed by atoms with E-state index >= 15 is 0 Å². The van der Waals surface area contributed by atoms with Gasteiger partial charge in [0.15, 0.2) is 6.23 Å². The highest BCUT2D eigenvalue weighted by molar-refractivity contribution is 5.77. The summed E-state index contributed by atoms with van der Waals surface area (Å²) in [7, 11) is 0. The summed E-state index contributed by atoms with van der Waals surface area (Å²) in [5, 5.41) is 39.6. The van der Waals surface area contributed by atoms with Crippen LogP contribution in [0.3, 0.4) is 0 Å². The molecule has 1 unspecified atom stereocenters. The van der Waals surface area contributed by atoms with Gasteiger partial charge in [-0.05, 0) is 0 Å². The van der Waals surface area contributed by atoms with Gasteiger partial charge in [0.05, 0.1) is 19.3 Å². The number of nitrogens with zero attached hydrogens (tertiary/aromatic N) is 1. The van der Waals surface area contributed by atoms with E-state index in [1.807, 2.05) is 4.98 Å². The van der Waals surface area contributed by atoms with Crippen LogP contribution in [0.25, 0.3) is 0 Å². The van der Waals surface area contributed by atoms with Gasteiger partial charge in [0, 0.05) is 18.8 Å². The van der Waals surface area contributed by atoms with Crippen LogP contribution in [0.4, 0.5) is 0 Å². The number of H-pyrrole nitrogens is 1. The third-order valence-electron chi connectivity index (χ3n) is 3.77. The van der Waals surface area contributed by atoms with Crippen LogP contribution in [0.5, 0.6) is 0 Å². The molecule has 0 aromatic carbocycles. The Balaban J connectivity index is 2.08. The standard InChI is InChI=1S/C14H21N3O9/c18-4-7(20)3-15-10(22)6-25-12-11(23)8(5-19)26-13(12)17-2-1-9(21)16-14(17)24/h1-2,7-8,11-13,18-20,23H,3-6H2,(H,15,22)(H,16,21,24)/t7?,8-,11-,12-,13-/m1/s1. The van der Waals surface area contributed by atoms with Crippen molar-refractivity contribution >= 4 is 5.91 Å². The van der Waals surface area contributed by atoms with Gasteiger partial charge in [-0.3, -0.25) is 19.1 Å². The molecule has 146 valence electrons. The van der Waals surface area contributed by atoms with Gasteiger partial charge < -0.3 is 35.2 Å². The van der Waals surface area contributed by atoms with Crippen LogP contribution in [0.1, 0.15) is 6.23 Å². The summed E-state index contributed by atoms with van der Waals surface area (Å²) < 4.78 is 11.7. The van der Waals surface area contributed by atoms with E-state index in [9.17, 15) is 29.7 Å². The van der Waals surface area contributed by atoms with E-state index in [0.29, 0.717) is 0 Å². The fourth-order valence-electron chi connectivity index (χ4n) is 2.42. The quantitative estimate of drug-likeness (QED) is 0.261. The number of carbonyl (C=O) groups excluding carboxylic acids is 1. The lowest BCUT2D eigenvalue weighted by Gasteiger charge is -2.22. The molecule has 0 bridgehead atoms. The zero-order valence-corrected chi connectivity index (χ0v) is 13.6. The Kier molecular flexibility index (Phi) is 7.02. The molecule has 2 rings (SSSR count). The molecule has 1 fully saturated rings. The zero-order valence-electron chi connectivity index (χ0n) is 13.6. The summed E-state index contributed by atoms with van der Waals surface area (Å²) >= 11 is 0. The summed E-state index contributed by atoms with van der Waals surface area (Å²) in [5.41, 5.74) is -1.43. The van der Waals surface area contributed by atoms with E-state index in [-0.39, 0.29) is 6.54 Å². The van der Waals surface area contributed by atoms with Crippen LogP contribution in [-0.4, -0.2) is 86.7 Å². The van der Waals surface area contributed by atoms with Crippen molar-refractivity contribution in [2.45, 2.75) is 30.6 Å². The lowest BCUT2D eigenvalue weighted by Crippen LogP contribution is -2.42. The fourth-order valence-corrected chi connectivity index (χ4v) is 2.42. The topological polar surface area (TPSA) is 183 Å². The molecule has 2 heterocycles. The highest BCUT2D eigenvalue weighted by Gasteiger charge is 2.45. The molecule has 0 saturated carbocycles. The number of aromatic amines is 1. The van der Waals surface area contributed by atoms with E-state index in [0.717, 1.165) is 16.8 Å². The first-order chi connectivity index (χ1) is 12.4. The molecule has 1 amide bonds. The molecule has 0 radical (unpaired) electrons. The smallest absolute Gasteiger partial charge is 0.330 e. The minimum absolute atomic E-state index is 0.190. The van der Waals surface area contributed by atoms with Crippen LogP contribution in [-0.2, 0) is 14.3 Å². The molecule has 1 aromatic heterocycles. The molecule has 1 aromatic rings. The van der Waals surface area contributed by atoms with Crippen molar-refractivity contribution < 1.29 is 34.7 Å². The maximum Gasteiger partial charge on any atom is 0.330 e. The summed E-state index contributed by atoms with van der Waals surface area (Å²) in [6, 6.07) is 1.07. The van der Waals surface area contributed by atoms with Crippen molar-refractivity contribution in [3.05, 3.63) is 33.1 Å². The first kappa shape index (κ1) is 20.2. The van der Waals surface area contributed by atoms with E-state index < -0.39 is 67.6 Å². The van der Waals surface area contributed by atoms with E-state index in [1.54, 1.807) is 0 Å². The van der Waals surface area contributed by atoms with Crippen molar-refractivity contribution in [1.29, 1.82) is 0 Å². The number of rotatable bonds is 8. The van der Waals surface area contributed by atoms with Crippen molar-refractivity contribution in [3.8, 4) is 0 Å². The van der Waals surface area contributed by atoms with Crippen LogP contribution in [0.15, 0.2) is 21.9 Å². The Labute approximate surface area is 146 Å². The molecule has 0 aliphatic carbocycles.